The van der Waals surface area contributed by atoms with Gasteiger partial charge < -0.3 is 4.74 Å². The second-order valence-corrected chi connectivity index (χ2v) is 4.96. The number of benzene rings is 2. The Labute approximate surface area is 123 Å². The number of aromatic nitrogens is 1. The number of fused-ring (bicyclic) bond motifs is 1. The molecule has 20 heavy (non-hydrogen) atoms. The summed E-state index contributed by atoms with van der Waals surface area (Å²) in [4.78, 5) is 4.34. The molecular weight excluding hydrogens is 270 g/mol. The van der Waals surface area contributed by atoms with Gasteiger partial charge in [-0.1, -0.05) is 18.2 Å². The van der Waals surface area contributed by atoms with Crippen molar-refractivity contribution >= 4 is 22.5 Å². The minimum Gasteiger partial charge on any atom is -0.457 e. The van der Waals surface area contributed by atoms with Crippen molar-refractivity contribution in [1.29, 1.82) is 0 Å². The Bertz CT molecular complexity index is 755. The lowest BCUT2D eigenvalue weighted by Gasteiger charge is -2.10. The summed E-state index contributed by atoms with van der Waals surface area (Å²) in [5.74, 6) is 2.15. The third-order valence-corrected chi connectivity index (χ3v) is 3.51. The lowest BCUT2D eigenvalue weighted by atomic mass is 10.1. The molecule has 0 atom stereocenters. The number of hydrogen-bond acceptors (Lipinski definition) is 2. The van der Waals surface area contributed by atoms with E-state index >= 15 is 0 Å². The van der Waals surface area contributed by atoms with Gasteiger partial charge >= 0.3 is 0 Å². The minimum atomic E-state index is 0.515. The normalized spacial score (nSPS) is 10.7. The maximum Gasteiger partial charge on any atom is 0.130 e. The van der Waals surface area contributed by atoms with E-state index in [4.69, 9.17) is 16.3 Å². The van der Waals surface area contributed by atoms with Gasteiger partial charge in [0.2, 0.25) is 0 Å². The molecule has 1 aromatic heterocycles. The number of halogens is 1. The number of nitrogens with zero attached hydrogens (tertiary/aromatic N) is 1. The highest BCUT2D eigenvalue weighted by Gasteiger charge is 2.04. The lowest BCUT2D eigenvalue weighted by molar-refractivity contribution is 0.479. The first-order chi connectivity index (χ1) is 9.76. The zero-order valence-corrected chi connectivity index (χ0v) is 11.9. The topological polar surface area (TPSA) is 22.1 Å². The van der Waals surface area contributed by atoms with Crippen LogP contribution in [-0.4, -0.2) is 4.98 Å². The van der Waals surface area contributed by atoms with Crippen LogP contribution in [0.25, 0.3) is 10.9 Å². The lowest BCUT2D eigenvalue weighted by Crippen LogP contribution is -1.90. The molecule has 0 fully saturated rings. The second kappa shape index (κ2) is 5.51. The Morgan fingerprint density at radius 1 is 1.10 bits per heavy atom. The van der Waals surface area contributed by atoms with Crippen LogP contribution in [0.5, 0.6) is 11.5 Å². The fraction of sp³-hybridized carbons (Fsp3) is 0.118. The van der Waals surface area contributed by atoms with Gasteiger partial charge in [0.05, 0.1) is 5.52 Å². The highest BCUT2D eigenvalue weighted by Crippen LogP contribution is 2.28. The molecule has 0 unspecified atom stereocenters. The van der Waals surface area contributed by atoms with Crippen LogP contribution >= 0.6 is 11.6 Å². The van der Waals surface area contributed by atoms with E-state index in [1.54, 1.807) is 6.20 Å². The molecule has 3 aromatic rings. The van der Waals surface area contributed by atoms with E-state index < -0.39 is 0 Å². The minimum absolute atomic E-state index is 0.515. The van der Waals surface area contributed by atoms with Gasteiger partial charge in [0.25, 0.3) is 0 Å². The van der Waals surface area contributed by atoms with E-state index in [1.165, 1.54) is 0 Å². The van der Waals surface area contributed by atoms with Crippen molar-refractivity contribution < 1.29 is 4.74 Å². The summed E-state index contributed by atoms with van der Waals surface area (Å²) >= 11 is 5.83. The van der Waals surface area contributed by atoms with Gasteiger partial charge in [-0.3, -0.25) is 4.98 Å². The van der Waals surface area contributed by atoms with Crippen molar-refractivity contribution in [2.45, 2.75) is 12.8 Å². The molecule has 1 heterocycles. The van der Waals surface area contributed by atoms with E-state index in [2.05, 4.69) is 4.98 Å². The molecule has 2 aromatic carbocycles. The van der Waals surface area contributed by atoms with Crippen LogP contribution in [-0.2, 0) is 5.88 Å². The van der Waals surface area contributed by atoms with Crippen LogP contribution in [0.1, 0.15) is 11.1 Å². The van der Waals surface area contributed by atoms with Gasteiger partial charge in [-0.15, -0.1) is 11.6 Å². The monoisotopic (exact) mass is 283 g/mol. The molecule has 3 heteroatoms. The first-order valence-electron chi connectivity index (χ1n) is 6.44. The molecule has 3 rings (SSSR count). The summed E-state index contributed by atoms with van der Waals surface area (Å²) in [5, 5.41) is 1.11. The van der Waals surface area contributed by atoms with Crippen molar-refractivity contribution in [3.63, 3.8) is 0 Å². The van der Waals surface area contributed by atoms with E-state index in [0.29, 0.717) is 5.88 Å². The second-order valence-electron chi connectivity index (χ2n) is 4.69. The van der Waals surface area contributed by atoms with E-state index in [1.807, 2.05) is 55.5 Å². The zero-order valence-electron chi connectivity index (χ0n) is 11.1. The number of aryl methyl sites for hydroxylation is 1. The van der Waals surface area contributed by atoms with Gasteiger partial charge in [0, 0.05) is 23.5 Å². The molecule has 2 nitrogen and oxygen atoms in total. The number of alkyl halides is 1. The summed E-state index contributed by atoms with van der Waals surface area (Å²) < 4.78 is 5.93. The highest BCUT2D eigenvalue weighted by atomic mass is 35.5. The van der Waals surface area contributed by atoms with Crippen molar-refractivity contribution in [3.8, 4) is 11.5 Å². The Balaban J connectivity index is 1.92. The Morgan fingerprint density at radius 2 is 2.00 bits per heavy atom. The average molecular weight is 284 g/mol. The standard InChI is InChI=1S/C17H14ClNO/c1-12-9-13(11-18)4-7-17(12)20-15-6-5-14-3-2-8-19-16(14)10-15/h2-10H,11H2,1H3. The molecular formula is C17H14ClNO. The number of ether oxygens (including phenoxy) is 1. The van der Waals surface area contributed by atoms with E-state index in [-0.39, 0.29) is 0 Å². The van der Waals surface area contributed by atoms with Crippen molar-refractivity contribution in [2.75, 3.05) is 0 Å². The van der Waals surface area contributed by atoms with Gasteiger partial charge in [-0.05, 0) is 42.3 Å². The molecule has 0 radical (unpaired) electrons. The maximum atomic E-state index is 5.93. The third kappa shape index (κ3) is 2.61. The summed E-state index contributed by atoms with van der Waals surface area (Å²) in [6, 6.07) is 15.9. The quantitative estimate of drug-likeness (QED) is 0.626. The molecule has 0 amide bonds. The van der Waals surface area contributed by atoms with Crippen LogP contribution in [0.15, 0.2) is 54.7 Å². The fourth-order valence-electron chi connectivity index (χ4n) is 2.15. The maximum absolute atomic E-state index is 5.93. The van der Waals surface area contributed by atoms with Crippen LogP contribution < -0.4 is 4.74 Å². The molecule has 0 aliphatic rings. The summed E-state index contributed by atoms with van der Waals surface area (Å²) in [6.45, 7) is 2.02. The fourth-order valence-corrected chi connectivity index (χ4v) is 2.31. The molecule has 0 N–H and O–H groups in total. The summed E-state index contributed by atoms with van der Waals surface area (Å²) in [6.07, 6.45) is 1.78. The molecule has 0 saturated heterocycles. The molecule has 0 saturated carbocycles. The van der Waals surface area contributed by atoms with E-state index in [9.17, 15) is 0 Å². The highest BCUT2D eigenvalue weighted by molar-refractivity contribution is 6.17. The van der Waals surface area contributed by atoms with E-state index in [0.717, 1.165) is 33.5 Å². The third-order valence-electron chi connectivity index (χ3n) is 3.20. The first kappa shape index (κ1) is 12.9. The van der Waals surface area contributed by atoms with Crippen LogP contribution in [0.2, 0.25) is 0 Å². The largest absolute Gasteiger partial charge is 0.457 e. The van der Waals surface area contributed by atoms with Gasteiger partial charge in [-0.2, -0.15) is 0 Å². The number of rotatable bonds is 3. The Morgan fingerprint density at radius 3 is 2.80 bits per heavy atom. The summed E-state index contributed by atoms with van der Waals surface area (Å²) in [7, 11) is 0. The molecule has 0 aliphatic carbocycles. The molecule has 100 valence electrons. The van der Waals surface area contributed by atoms with Gasteiger partial charge in [0.15, 0.2) is 0 Å². The van der Waals surface area contributed by atoms with Crippen molar-refractivity contribution in [3.05, 3.63) is 65.9 Å². The summed E-state index contributed by atoms with van der Waals surface area (Å²) in [5.41, 5.74) is 3.10. The first-order valence-corrected chi connectivity index (χ1v) is 6.98. The Hall–Kier alpha value is -2.06. The molecule has 0 spiro atoms. The Kier molecular flexibility index (Phi) is 3.57. The molecule has 0 bridgehead atoms. The molecule has 0 aliphatic heterocycles. The predicted molar refractivity (Wildman–Crippen MR) is 82.6 cm³/mol. The average Bonchev–Trinajstić information content (AvgIpc) is 2.49. The van der Waals surface area contributed by atoms with Gasteiger partial charge in [0.1, 0.15) is 11.5 Å². The van der Waals surface area contributed by atoms with Crippen LogP contribution in [0.4, 0.5) is 0 Å². The number of pyridine rings is 1. The van der Waals surface area contributed by atoms with Crippen molar-refractivity contribution in [2.24, 2.45) is 0 Å². The number of hydrogen-bond donors (Lipinski definition) is 0. The van der Waals surface area contributed by atoms with Crippen LogP contribution in [0.3, 0.4) is 0 Å². The SMILES string of the molecule is Cc1cc(CCl)ccc1Oc1ccc2cccnc2c1. The van der Waals surface area contributed by atoms with Crippen molar-refractivity contribution in [1.82, 2.24) is 4.98 Å². The zero-order chi connectivity index (χ0) is 13.9. The van der Waals surface area contributed by atoms with Gasteiger partial charge in [-0.25, -0.2) is 0 Å². The predicted octanol–water partition coefficient (Wildman–Crippen LogP) is 5.07. The smallest absolute Gasteiger partial charge is 0.130 e. The van der Waals surface area contributed by atoms with Crippen LogP contribution in [0, 0.1) is 6.92 Å².